The van der Waals surface area contributed by atoms with Gasteiger partial charge in [0.25, 0.3) is 0 Å². The summed E-state index contributed by atoms with van der Waals surface area (Å²) in [6.07, 6.45) is 0. The molecule has 0 heterocycles. The average Bonchev–Trinajstić information content (AvgIpc) is 2.49. The summed E-state index contributed by atoms with van der Waals surface area (Å²) >= 11 is 12.1. The van der Waals surface area contributed by atoms with Gasteiger partial charge in [-0.05, 0) is 47.5 Å². The molecule has 3 heteroatoms. The summed E-state index contributed by atoms with van der Waals surface area (Å²) in [7, 11) is 0. The van der Waals surface area contributed by atoms with E-state index in [1.54, 1.807) is 6.07 Å². The van der Waals surface area contributed by atoms with Crippen molar-refractivity contribution in [3.63, 3.8) is 0 Å². The van der Waals surface area contributed by atoms with Crippen LogP contribution in [0.4, 0.5) is 5.69 Å². The quantitative estimate of drug-likeness (QED) is 0.596. The molecule has 1 N–H and O–H groups in total. The van der Waals surface area contributed by atoms with Crippen molar-refractivity contribution in [1.82, 2.24) is 0 Å². The number of hydrogen-bond acceptors (Lipinski definition) is 1. The lowest BCUT2D eigenvalue weighted by atomic mass is 10.0. The van der Waals surface area contributed by atoms with Crippen LogP contribution in [0.25, 0.3) is 10.8 Å². The van der Waals surface area contributed by atoms with Crippen LogP contribution in [0.15, 0.2) is 60.7 Å². The summed E-state index contributed by atoms with van der Waals surface area (Å²) in [6, 6.07) is 20.5. The molecule has 21 heavy (non-hydrogen) atoms. The highest BCUT2D eigenvalue weighted by atomic mass is 35.5. The van der Waals surface area contributed by atoms with E-state index < -0.39 is 0 Å². The highest BCUT2D eigenvalue weighted by molar-refractivity contribution is 6.36. The Morgan fingerprint density at radius 2 is 1.62 bits per heavy atom. The Morgan fingerprint density at radius 1 is 0.857 bits per heavy atom. The first kappa shape index (κ1) is 14.2. The number of halogens is 2. The third-order valence-corrected chi connectivity index (χ3v) is 4.12. The third-order valence-electron chi connectivity index (χ3n) is 3.58. The summed E-state index contributed by atoms with van der Waals surface area (Å²) in [5, 5.41) is 7.19. The molecule has 3 aromatic rings. The predicted molar refractivity (Wildman–Crippen MR) is 92.4 cm³/mol. The molecule has 0 bridgehead atoms. The first-order chi connectivity index (χ1) is 10.1. The molecule has 0 amide bonds. The summed E-state index contributed by atoms with van der Waals surface area (Å²) in [5.74, 6) is 0. The van der Waals surface area contributed by atoms with E-state index in [2.05, 4.69) is 54.7 Å². The summed E-state index contributed by atoms with van der Waals surface area (Å²) in [4.78, 5) is 0. The Labute approximate surface area is 134 Å². The Hall–Kier alpha value is -1.70. The van der Waals surface area contributed by atoms with Crippen LogP contribution in [0.1, 0.15) is 18.5 Å². The molecular formula is C18H15Cl2N. The summed E-state index contributed by atoms with van der Waals surface area (Å²) in [5.41, 5.74) is 2.11. The van der Waals surface area contributed by atoms with E-state index in [0.717, 1.165) is 5.69 Å². The van der Waals surface area contributed by atoms with Gasteiger partial charge in [-0.3, -0.25) is 0 Å². The maximum absolute atomic E-state index is 6.21. The Bertz CT molecular complexity index is 783. The van der Waals surface area contributed by atoms with Crippen molar-refractivity contribution in [1.29, 1.82) is 0 Å². The Balaban J connectivity index is 1.87. The number of benzene rings is 3. The van der Waals surface area contributed by atoms with Crippen LogP contribution >= 0.6 is 23.2 Å². The fraction of sp³-hybridized carbons (Fsp3) is 0.111. The second-order valence-corrected chi connectivity index (χ2v) is 5.94. The van der Waals surface area contributed by atoms with Crippen molar-refractivity contribution in [3.05, 3.63) is 76.3 Å². The van der Waals surface area contributed by atoms with Crippen molar-refractivity contribution in [2.45, 2.75) is 13.0 Å². The van der Waals surface area contributed by atoms with Crippen LogP contribution in [-0.4, -0.2) is 0 Å². The van der Waals surface area contributed by atoms with Crippen LogP contribution in [0, 0.1) is 0 Å². The smallest absolute Gasteiger partial charge is 0.0652 e. The Morgan fingerprint density at radius 3 is 2.38 bits per heavy atom. The number of fused-ring (bicyclic) bond motifs is 1. The number of hydrogen-bond donors (Lipinski definition) is 1. The summed E-state index contributed by atoms with van der Waals surface area (Å²) in [6.45, 7) is 2.12. The molecule has 0 saturated heterocycles. The lowest BCUT2D eigenvalue weighted by Gasteiger charge is -2.17. The van der Waals surface area contributed by atoms with Gasteiger partial charge < -0.3 is 5.32 Å². The normalized spacial score (nSPS) is 12.3. The van der Waals surface area contributed by atoms with Gasteiger partial charge >= 0.3 is 0 Å². The minimum absolute atomic E-state index is 0.160. The van der Waals surface area contributed by atoms with E-state index in [0.29, 0.717) is 10.0 Å². The highest BCUT2D eigenvalue weighted by Crippen LogP contribution is 2.29. The predicted octanol–water partition coefficient (Wildman–Crippen LogP) is 6.32. The second kappa shape index (κ2) is 5.97. The lowest BCUT2D eigenvalue weighted by molar-refractivity contribution is 0.887. The molecule has 0 aliphatic heterocycles. The SMILES string of the molecule is CC(Nc1ccc(Cl)cc1Cl)c1ccc2ccccc2c1. The van der Waals surface area contributed by atoms with Crippen LogP contribution in [0.3, 0.4) is 0 Å². The molecule has 0 aliphatic rings. The van der Waals surface area contributed by atoms with Gasteiger partial charge in [-0.15, -0.1) is 0 Å². The van der Waals surface area contributed by atoms with Crippen molar-refractivity contribution >= 4 is 39.7 Å². The van der Waals surface area contributed by atoms with Gasteiger partial charge in [0, 0.05) is 11.1 Å². The fourth-order valence-electron chi connectivity index (χ4n) is 2.40. The van der Waals surface area contributed by atoms with Gasteiger partial charge in [0.2, 0.25) is 0 Å². The van der Waals surface area contributed by atoms with E-state index in [1.165, 1.54) is 16.3 Å². The highest BCUT2D eigenvalue weighted by Gasteiger charge is 2.08. The fourth-order valence-corrected chi connectivity index (χ4v) is 2.86. The topological polar surface area (TPSA) is 12.0 Å². The molecule has 0 spiro atoms. The standard InChI is InChI=1S/C18H15Cl2N/c1-12(21-18-9-8-16(19)11-17(18)20)14-7-6-13-4-2-3-5-15(13)10-14/h2-12,21H,1H3. The molecule has 1 atom stereocenters. The van der Waals surface area contributed by atoms with Crippen LogP contribution < -0.4 is 5.32 Å². The minimum atomic E-state index is 0.160. The molecular weight excluding hydrogens is 301 g/mol. The number of nitrogens with one attached hydrogen (secondary N) is 1. The number of anilines is 1. The van der Waals surface area contributed by atoms with Gasteiger partial charge in [0.1, 0.15) is 0 Å². The monoisotopic (exact) mass is 315 g/mol. The van der Waals surface area contributed by atoms with Crippen molar-refractivity contribution in [3.8, 4) is 0 Å². The van der Waals surface area contributed by atoms with Crippen molar-refractivity contribution in [2.24, 2.45) is 0 Å². The minimum Gasteiger partial charge on any atom is -0.377 e. The largest absolute Gasteiger partial charge is 0.377 e. The molecule has 0 aromatic heterocycles. The first-order valence-corrected chi connectivity index (χ1v) is 7.59. The molecule has 0 radical (unpaired) electrons. The van der Waals surface area contributed by atoms with Gasteiger partial charge in [-0.1, -0.05) is 59.6 Å². The Kier molecular flexibility index (Phi) is 4.05. The number of rotatable bonds is 3. The zero-order chi connectivity index (χ0) is 14.8. The maximum Gasteiger partial charge on any atom is 0.0652 e. The van der Waals surface area contributed by atoms with Crippen LogP contribution in [0.2, 0.25) is 10.0 Å². The molecule has 3 rings (SSSR count). The van der Waals surface area contributed by atoms with Crippen LogP contribution in [0.5, 0.6) is 0 Å². The molecule has 0 saturated carbocycles. The third kappa shape index (κ3) is 3.15. The average molecular weight is 316 g/mol. The molecule has 1 unspecified atom stereocenters. The van der Waals surface area contributed by atoms with E-state index >= 15 is 0 Å². The second-order valence-electron chi connectivity index (χ2n) is 5.10. The van der Waals surface area contributed by atoms with Gasteiger partial charge in [-0.2, -0.15) is 0 Å². The van der Waals surface area contributed by atoms with E-state index in [4.69, 9.17) is 23.2 Å². The van der Waals surface area contributed by atoms with Gasteiger partial charge in [0.05, 0.1) is 10.7 Å². The zero-order valence-corrected chi connectivity index (χ0v) is 13.1. The van der Waals surface area contributed by atoms with E-state index in [-0.39, 0.29) is 6.04 Å². The van der Waals surface area contributed by atoms with E-state index in [1.807, 2.05) is 12.1 Å². The van der Waals surface area contributed by atoms with Crippen LogP contribution in [-0.2, 0) is 0 Å². The molecule has 1 nitrogen and oxygen atoms in total. The first-order valence-electron chi connectivity index (χ1n) is 6.84. The van der Waals surface area contributed by atoms with Crippen molar-refractivity contribution in [2.75, 3.05) is 5.32 Å². The molecule has 3 aromatic carbocycles. The van der Waals surface area contributed by atoms with E-state index in [9.17, 15) is 0 Å². The molecule has 0 fully saturated rings. The maximum atomic E-state index is 6.21. The molecule has 106 valence electrons. The molecule has 0 aliphatic carbocycles. The zero-order valence-electron chi connectivity index (χ0n) is 11.6. The van der Waals surface area contributed by atoms with Crippen molar-refractivity contribution < 1.29 is 0 Å². The summed E-state index contributed by atoms with van der Waals surface area (Å²) < 4.78 is 0. The lowest BCUT2D eigenvalue weighted by Crippen LogP contribution is -2.06. The van der Waals surface area contributed by atoms with Gasteiger partial charge in [-0.25, -0.2) is 0 Å². The van der Waals surface area contributed by atoms with Gasteiger partial charge in [0.15, 0.2) is 0 Å².